The van der Waals surface area contributed by atoms with Gasteiger partial charge in [-0.2, -0.15) is 18.4 Å². The smallest absolute Gasteiger partial charge is 0.417 e. The maximum absolute atomic E-state index is 12.7. The molecular formula is C11H8F3NO4. The van der Waals surface area contributed by atoms with Crippen LogP contribution in [0.3, 0.4) is 0 Å². The Bertz CT molecular complexity index is 536. The monoisotopic (exact) mass is 275 g/mol. The number of carboxylic acids is 1. The van der Waals surface area contributed by atoms with Gasteiger partial charge in [0.05, 0.1) is 17.2 Å². The van der Waals surface area contributed by atoms with E-state index in [2.05, 4.69) is 0 Å². The first-order valence-corrected chi connectivity index (χ1v) is 4.88. The van der Waals surface area contributed by atoms with Gasteiger partial charge < -0.3 is 15.3 Å². The van der Waals surface area contributed by atoms with Crippen LogP contribution < -0.4 is 0 Å². The highest BCUT2D eigenvalue weighted by molar-refractivity contribution is 5.89. The molecule has 2 unspecified atom stereocenters. The van der Waals surface area contributed by atoms with Crippen LogP contribution in [0, 0.1) is 11.3 Å². The van der Waals surface area contributed by atoms with Crippen molar-refractivity contribution in [1.82, 2.24) is 0 Å². The minimum Gasteiger partial charge on any atom is -0.478 e. The third-order valence-corrected chi connectivity index (χ3v) is 2.35. The molecule has 0 saturated heterocycles. The number of hydrogen-bond donors (Lipinski definition) is 3. The van der Waals surface area contributed by atoms with Crippen molar-refractivity contribution < 1.29 is 33.3 Å². The van der Waals surface area contributed by atoms with Crippen molar-refractivity contribution in [2.75, 3.05) is 0 Å². The number of carbonyl (C=O) groups is 1. The fourth-order valence-corrected chi connectivity index (χ4v) is 1.42. The van der Waals surface area contributed by atoms with Crippen LogP contribution in [0.1, 0.15) is 27.6 Å². The van der Waals surface area contributed by atoms with Crippen LogP contribution >= 0.6 is 0 Å². The first-order chi connectivity index (χ1) is 8.68. The molecule has 0 radical (unpaired) electrons. The fraction of sp³-hybridized carbons (Fsp3) is 0.273. The number of alkyl halides is 3. The highest BCUT2D eigenvalue weighted by Crippen LogP contribution is 2.34. The number of rotatable bonds is 3. The lowest BCUT2D eigenvalue weighted by Crippen LogP contribution is -2.18. The second-order valence-corrected chi connectivity index (χ2v) is 3.63. The summed E-state index contributed by atoms with van der Waals surface area (Å²) in [5, 5.41) is 35.5. The lowest BCUT2D eigenvalue weighted by atomic mass is 9.98. The summed E-state index contributed by atoms with van der Waals surface area (Å²) in [4.78, 5) is 10.7. The zero-order chi connectivity index (χ0) is 14.8. The second kappa shape index (κ2) is 5.26. The highest BCUT2D eigenvalue weighted by Gasteiger charge is 2.36. The SMILES string of the molecule is N#CC(O)C(O)c1ccc(C(=O)O)c(C(F)(F)F)c1. The number of nitrogens with zero attached hydrogens (tertiary/aromatic N) is 1. The zero-order valence-electron chi connectivity index (χ0n) is 9.22. The predicted octanol–water partition coefficient (Wildman–Crippen LogP) is 1.32. The Balaban J connectivity index is 3.35. The fourth-order valence-electron chi connectivity index (χ4n) is 1.42. The minimum atomic E-state index is -4.93. The second-order valence-electron chi connectivity index (χ2n) is 3.63. The molecule has 2 atom stereocenters. The molecule has 1 rings (SSSR count). The predicted molar refractivity (Wildman–Crippen MR) is 55.0 cm³/mol. The largest absolute Gasteiger partial charge is 0.478 e. The Labute approximate surface area is 105 Å². The normalized spacial score (nSPS) is 14.5. The number of hydrogen-bond acceptors (Lipinski definition) is 4. The van der Waals surface area contributed by atoms with Crippen LogP contribution in [0.15, 0.2) is 18.2 Å². The molecule has 0 aliphatic carbocycles. The zero-order valence-corrected chi connectivity index (χ0v) is 9.22. The molecule has 1 aromatic carbocycles. The molecule has 0 spiro atoms. The molecular weight excluding hydrogens is 267 g/mol. The molecule has 0 amide bonds. The molecule has 0 bridgehead atoms. The first-order valence-electron chi connectivity index (χ1n) is 4.88. The lowest BCUT2D eigenvalue weighted by molar-refractivity contribution is -0.138. The first kappa shape index (κ1) is 14.9. The number of benzene rings is 1. The molecule has 102 valence electrons. The van der Waals surface area contributed by atoms with Crippen molar-refractivity contribution in [1.29, 1.82) is 5.26 Å². The quantitative estimate of drug-likeness (QED) is 0.722. The summed E-state index contributed by atoms with van der Waals surface area (Å²) in [5.41, 5.74) is -2.83. The van der Waals surface area contributed by atoms with Crippen LogP contribution in [0.4, 0.5) is 13.2 Å². The van der Waals surface area contributed by atoms with Crippen molar-refractivity contribution >= 4 is 5.97 Å². The van der Waals surface area contributed by atoms with Crippen molar-refractivity contribution in [2.24, 2.45) is 0 Å². The maximum atomic E-state index is 12.7. The Morgan fingerprint density at radius 3 is 2.32 bits per heavy atom. The van der Waals surface area contributed by atoms with Crippen molar-refractivity contribution in [3.63, 3.8) is 0 Å². The van der Waals surface area contributed by atoms with E-state index in [1.165, 1.54) is 6.07 Å². The van der Waals surface area contributed by atoms with Crippen LogP contribution in [0.25, 0.3) is 0 Å². The number of carboxylic acid groups (broad SMARTS) is 1. The Morgan fingerprint density at radius 1 is 1.32 bits per heavy atom. The summed E-state index contributed by atoms with van der Waals surface area (Å²) in [6.07, 6.45) is -8.69. The van der Waals surface area contributed by atoms with Crippen LogP contribution in [-0.2, 0) is 6.18 Å². The van der Waals surface area contributed by atoms with E-state index in [1.807, 2.05) is 0 Å². The van der Waals surface area contributed by atoms with Gasteiger partial charge in [-0.3, -0.25) is 0 Å². The van der Waals surface area contributed by atoms with E-state index in [-0.39, 0.29) is 0 Å². The third-order valence-electron chi connectivity index (χ3n) is 2.35. The number of halogens is 3. The number of nitriles is 1. The summed E-state index contributed by atoms with van der Waals surface area (Å²) in [6, 6.07) is 3.23. The summed E-state index contributed by atoms with van der Waals surface area (Å²) in [7, 11) is 0. The van der Waals surface area contributed by atoms with Gasteiger partial charge in [-0.25, -0.2) is 4.79 Å². The van der Waals surface area contributed by atoms with E-state index < -0.39 is 41.0 Å². The maximum Gasteiger partial charge on any atom is 0.417 e. The average Bonchev–Trinajstić information content (AvgIpc) is 2.35. The van der Waals surface area contributed by atoms with Gasteiger partial charge in [0.2, 0.25) is 0 Å². The molecule has 0 saturated carbocycles. The molecule has 0 aliphatic rings. The molecule has 19 heavy (non-hydrogen) atoms. The standard InChI is InChI=1S/C11H8F3NO4/c12-11(13,14)7-3-5(9(17)8(16)4-15)1-2-6(7)10(18)19/h1-3,8-9,16-17H,(H,18,19). The molecule has 8 heteroatoms. The van der Waals surface area contributed by atoms with Crippen molar-refractivity contribution in [3.05, 3.63) is 34.9 Å². The van der Waals surface area contributed by atoms with Gasteiger partial charge in [0, 0.05) is 0 Å². The summed E-state index contributed by atoms with van der Waals surface area (Å²) in [5.74, 6) is -1.77. The van der Waals surface area contributed by atoms with Gasteiger partial charge in [-0.15, -0.1) is 0 Å². The Kier molecular flexibility index (Phi) is 4.14. The Morgan fingerprint density at radius 2 is 1.89 bits per heavy atom. The molecule has 0 heterocycles. The number of aliphatic hydroxyl groups excluding tert-OH is 2. The van der Waals surface area contributed by atoms with Gasteiger partial charge in [-0.05, 0) is 17.7 Å². The van der Waals surface area contributed by atoms with Crippen molar-refractivity contribution in [2.45, 2.75) is 18.4 Å². The van der Waals surface area contributed by atoms with Gasteiger partial charge in [0.25, 0.3) is 0 Å². The van der Waals surface area contributed by atoms with Gasteiger partial charge in [-0.1, -0.05) is 6.07 Å². The summed E-state index contributed by atoms with van der Waals surface area (Å²) >= 11 is 0. The highest BCUT2D eigenvalue weighted by atomic mass is 19.4. The minimum absolute atomic E-state index is 0.397. The van der Waals surface area contributed by atoms with Crippen LogP contribution in [0.5, 0.6) is 0 Å². The summed E-state index contributed by atoms with van der Waals surface area (Å²) < 4.78 is 38.0. The third kappa shape index (κ3) is 3.21. The van der Waals surface area contributed by atoms with Gasteiger partial charge in [0.1, 0.15) is 6.10 Å². The Hall–Kier alpha value is -2.11. The van der Waals surface area contributed by atoms with Crippen LogP contribution in [-0.4, -0.2) is 27.4 Å². The van der Waals surface area contributed by atoms with E-state index >= 15 is 0 Å². The molecule has 3 N–H and O–H groups in total. The average molecular weight is 275 g/mol. The van der Waals surface area contributed by atoms with Crippen molar-refractivity contribution in [3.8, 4) is 6.07 Å². The molecule has 1 aromatic rings. The summed E-state index contributed by atoms with van der Waals surface area (Å²) in [6.45, 7) is 0. The van der Waals surface area contributed by atoms with Gasteiger partial charge in [0.15, 0.2) is 6.10 Å². The van der Waals surface area contributed by atoms with Gasteiger partial charge >= 0.3 is 12.1 Å². The molecule has 0 aliphatic heterocycles. The lowest BCUT2D eigenvalue weighted by Gasteiger charge is -2.16. The van der Waals surface area contributed by atoms with Crippen LogP contribution in [0.2, 0.25) is 0 Å². The molecule has 5 nitrogen and oxygen atoms in total. The molecule has 0 fully saturated rings. The number of aromatic carboxylic acids is 1. The van der Waals surface area contributed by atoms with E-state index in [1.54, 1.807) is 0 Å². The topological polar surface area (TPSA) is 102 Å². The molecule has 0 aromatic heterocycles. The van der Waals surface area contributed by atoms with E-state index in [9.17, 15) is 23.1 Å². The number of aliphatic hydroxyl groups is 2. The van der Waals surface area contributed by atoms with E-state index in [0.29, 0.717) is 12.1 Å². The van der Waals surface area contributed by atoms with E-state index in [0.717, 1.165) is 6.07 Å². The van der Waals surface area contributed by atoms with E-state index in [4.69, 9.17) is 15.5 Å².